The number of thiophene rings is 1. The second-order valence-electron chi connectivity index (χ2n) is 6.77. The van der Waals surface area contributed by atoms with E-state index < -0.39 is 0 Å². The number of carbonyl (C=O) groups is 1. The average Bonchev–Trinajstić information content (AvgIpc) is 3.42. The molecule has 0 aliphatic carbocycles. The van der Waals surface area contributed by atoms with Crippen LogP contribution in [0.5, 0.6) is 11.5 Å². The Morgan fingerprint density at radius 3 is 2.97 bits per heavy atom. The molecule has 5 rings (SSSR count). The van der Waals surface area contributed by atoms with Crippen molar-refractivity contribution in [2.45, 2.75) is 6.54 Å². The van der Waals surface area contributed by atoms with E-state index in [0.717, 1.165) is 5.56 Å². The highest BCUT2D eigenvalue weighted by Crippen LogP contribution is 2.32. The zero-order valence-corrected chi connectivity index (χ0v) is 16.8. The summed E-state index contributed by atoms with van der Waals surface area (Å²) >= 11 is 1.28. The quantitative estimate of drug-likeness (QED) is 0.505. The zero-order valence-electron chi connectivity index (χ0n) is 15.9. The summed E-state index contributed by atoms with van der Waals surface area (Å²) in [5, 5.41) is 2.00. The highest BCUT2D eigenvalue weighted by molar-refractivity contribution is 7.17. The highest BCUT2D eigenvalue weighted by Gasteiger charge is 2.22. The molecule has 9 heteroatoms. The number of hydrogen-bond acceptors (Lipinski definition) is 7. The van der Waals surface area contributed by atoms with Crippen LogP contribution in [0, 0.1) is 0 Å². The summed E-state index contributed by atoms with van der Waals surface area (Å²) in [6.45, 7) is 0.497. The normalized spacial score (nSPS) is 12.3. The number of fused-ring (bicyclic) bond motifs is 2. The molecule has 3 aromatic heterocycles. The molecule has 0 fully saturated rings. The van der Waals surface area contributed by atoms with Crippen molar-refractivity contribution < 1.29 is 14.3 Å². The van der Waals surface area contributed by atoms with E-state index in [2.05, 4.69) is 9.97 Å². The number of carbonyl (C=O) groups excluding carboxylic acids is 1. The third-order valence-electron chi connectivity index (χ3n) is 4.92. The molecule has 4 aromatic rings. The number of aromatic nitrogens is 3. The van der Waals surface area contributed by atoms with E-state index in [9.17, 15) is 9.59 Å². The second kappa shape index (κ2) is 7.27. The molecule has 0 N–H and O–H groups in total. The summed E-state index contributed by atoms with van der Waals surface area (Å²) in [5.74, 6) is 1.05. The van der Waals surface area contributed by atoms with Crippen molar-refractivity contribution in [2.24, 2.45) is 0 Å². The van der Waals surface area contributed by atoms with E-state index in [1.54, 1.807) is 37.0 Å². The van der Waals surface area contributed by atoms with Gasteiger partial charge in [0.05, 0.1) is 35.7 Å². The fraction of sp³-hybridized carbons (Fsp3) is 0.143. The van der Waals surface area contributed by atoms with Gasteiger partial charge in [-0.05, 0) is 29.8 Å². The molecule has 0 atom stereocenters. The monoisotopic (exact) mass is 420 g/mol. The number of ether oxygens (including phenoxy) is 2. The van der Waals surface area contributed by atoms with E-state index in [1.165, 1.54) is 27.1 Å². The standard InChI is InChI=1S/C21H16N4O4S/c1-24(14-3-2-6-22-8-14)20(26)15-10-30-19-18(15)21(27)25(11-23-19)9-13-4-5-16-17(7-13)29-12-28-16/h2-8,10-11H,9,12H2,1H3. The number of rotatable bonds is 4. The van der Waals surface area contributed by atoms with Gasteiger partial charge in [0.1, 0.15) is 4.83 Å². The van der Waals surface area contributed by atoms with Crippen LogP contribution in [0.1, 0.15) is 15.9 Å². The number of benzene rings is 1. The van der Waals surface area contributed by atoms with E-state index in [1.807, 2.05) is 18.2 Å². The number of anilines is 1. The maximum atomic E-state index is 13.2. The van der Waals surface area contributed by atoms with Crippen molar-refractivity contribution in [1.29, 1.82) is 0 Å². The maximum absolute atomic E-state index is 13.2. The van der Waals surface area contributed by atoms with Gasteiger partial charge < -0.3 is 14.4 Å². The van der Waals surface area contributed by atoms with E-state index >= 15 is 0 Å². The molecule has 0 saturated carbocycles. The zero-order chi connectivity index (χ0) is 20.7. The molecule has 0 spiro atoms. The molecule has 30 heavy (non-hydrogen) atoms. The van der Waals surface area contributed by atoms with Crippen LogP contribution in [0.4, 0.5) is 5.69 Å². The Bertz CT molecular complexity index is 1320. The predicted octanol–water partition coefficient (Wildman–Crippen LogP) is 2.91. The highest BCUT2D eigenvalue weighted by atomic mass is 32.1. The van der Waals surface area contributed by atoms with Gasteiger partial charge in [0.15, 0.2) is 11.5 Å². The molecule has 1 aliphatic heterocycles. The lowest BCUT2D eigenvalue weighted by molar-refractivity contribution is 0.0994. The van der Waals surface area contributed by atoms with Gasteiger partial charge in [-0.15, -0.1) is 11.3 Å². The Balaban J connectivity index is 1.51. The molecule has 0 bridgehead atoms. The molecule has 0 unspecified atom stereocenters. The SMILES string of the molecule is CN(C(=O)c1csc2ncn(Cc3ccc4c(c3)OCO4)c(=O)c12)c1cccnc1. The Hall–Kier alpha value is -3.72. The van der Waals surface area contributed by atoms with Gasteiger partial charge in [-0.25, -0.2) is 4.98 Å². The van der Waals surface area contributed by atoms with Crippen molar-refractivity contribution in [2.75, 3.05) is 18.7 Å². The summed E-state index contributed by atoms with van der Waals surface area (Å²) in [6.07, 6.45) is 4.74. The third kappa shape index (κ3) is 3.09. The van der Waals surface area contributed by atoms with Gasteiger partial charge in [-0.2, -0.15) is 0 Å². The molecule has 1 aromatic carbocycles. The molecule has 150 valence electrons. The first-order chi connectivity index (χ1) is 14.6. The Labute approximate surface area is 175 Å². The first-order valence-electron chi connectivity index (χ1n) is 9.15. The second-order valence-corrected chi connectivity index (χ2v) is 7.63. The van der Waals surface area contributed by atoms with Crippen molar-refractivity contribution in [3.63, 3.8) is 0 Å². The predicted molar refractivity (Wildman–Crippen MR) is 113 cm³/mol. The van der Waals surface area contributed by atoms with E-state index in [4.69, 9.17) is 9.47 Å². The number of pyridine rings is 1. The lowest BCUT2D eigenvalue weighted by Gasteiger charge is -2.16. The van der Waals surface area contributed by atoms with Crippen LogP contribution in [0.25, 0.3) is 10.2 Å². The minimum atomic E-state index is -0.283. The van der Waals surface area contributed by atoms with Gasteiger partial charge in [0.25, 0.3) is 11.5 Å². The third-order valence-corrected chi connectivity index (χ3v) is 5.81. The van der Waals surface area contributed by atoms with E-state index in [-0.39, 0.29) is 18.3 Å². The Morgan fingerprint density at radius 1 is 1.27 bits per heavy atom. The molecule has 0 saturated heterocycles. The van der Waals surface area contributed by atoms with Crippen LogP contribution < -0.4 is 19.9 Å². The number of nitrogens with zero attached hydrogens (tertiary/aromatic N) is 4. The van der Waals surface area contributed by atoms with E-state index in [0.29, 0.717) is 39.5 Å². The van der Waals surface area contributed by atoms with Crippen molar-refractivity contribution in [1.82, 2.24) is 14.5 Å². The Morgan fingerprint density at radius 2 is 2.13 bits per heavy atom. The minimum Gasteiger partial charge on any atom is -0.454 e. The molecule has 1 aliphatic rings. The Kier molecular flexibility index (Phi) is 4.44. The van der Waals surface area contributed by atoms with Crippen LogP contribution in [-0.2, 0) is 6.54 Å². The topological polar surface area (TPSA) is 86.5 Å². The fourth-order valence-corrected chi connectivity index (χ4v) is 4.19. The van der Waals surface area contributed by atoms with Crippen LogP contribution in [0.2, 0.25) is 0 Å². The molecular formula is C21H16N4O4S. The molecule has 1 amide bonds. The van der Waals surface area contributed by atoms with Crippen molar-refractivity contribution in [3.8, 4) is 11.5 Å². The lowest BCUT2D eigenvalue weighted by atomic mass is 10.2. The summed E-state index contributed by atoms with van der Waals surface area (Å²) in [4.78, 5) is 36.7. The van der Waals surface area contributed by atoms with Crippen LogP contribution in [0.3, 0.4) is 0 Å². The van der Waals surface area contributed by atoms with Crippen molar-refractivity contribution in [3.05, 3.63) is 75.9 Å². The van der Waals surface area contributed by atoms with Crippen LogP contribution in [0.15, 0.2) is 59.2 Å². The number of amides is 1. The number of hydrogen-bond donors (Lipinski definition) is 0. The smallest absolute Gasteiger partial charge is 0.263 e. The van der Waals surface area contributed by atoms with Gasteiger partial charge in [-0.3, -0.25) is 19.1 Å². The first-order valence-corrected chi connectivity index (χ1v) is 10.0. The maximum Gasteiger partial charge on any atom is 0.263 e. The molecule has 4 heterocycles. The van der Waals surface area contributed by atoms with Crippen molar-refractivity contribution >= 4 is 33.1 Å². The van der Waals surface area contributed by atoms with Gasteiger partial charge in [-0.1, -0.05) is 6.07 Å². The summed E-state index contributed by atoms with van der Waals surface area (Å²) in [5.41, 5.74) is 1.59. The van der Waals surface area contributed by atoms with Gasteiger partial charge in [0.2, 0.25) is 6.79 Å². The largest absolute Gasteiger partial charge is 0.454 e. The van der Waals surface area contributed by atoms with Crippen LogP contribution >= 0.6 is 11.3 Å². The molecule has 8 nitrogen and oxygen atoms in total. The van der Waals surface area contributed by atoms with Crippen LogP contribution in [-0.4, -0.2) is 34.3 Å². The fourth-order valence-electron chi connectivity index (χ4n) is 3.32. The van der Waals surface area contributed by atoms with Gasteiger partial charge >= 0.3 is 0 Å². The summed E-state index contributed by atoms with van der Waals surface area (Å²) < 4.78 is 12.2. The molecular weight excluding hydrogens is 404 g/mol. The average molecular weight is 420 g/mol. The first kappa shape index (κ1) is 18.3. The lowest BCUT2D eigenvalue weighted by Crippen LogP contribution is -2.28. The minimum absolute atomic E-state index is 0.192. The summed E-state index contributed by atoms with van der Waals surface area (Å²) in [7, 11) is 1.66. The summed E-state index contributed by atoms with van der Waals surface area (Å²) in [6, 6.07) is 9.08. The van der Waals surface area contributed by atoms with Gasteiger partial charge in [0, 0.05) is 18.6 Å². The molecule has 0 radical (unpaired) electrons.